The van der Waals surface area contributed by atoms with Crippen molar-refractivity contribution in [3.8, 4) is 0 Å². The number of likely N-dealkylation sites (tertiary alicyclic amines) is 2. The number of guanidine groups is 1. The number of methoxy groups -OCH3 is 1. The van der Waals surface area contributed by atoms with Crippen LogP contribution in [0.5, 0.6) is 0 Å². The van der Waals surface area contributed by atoms with E-state index < -0.39 is 0 Å². The molecule has 23 heavy (non-hydrogen) atoms. The highest BCUT2D eigenvalue weighted by Crippen LogP contribution is 2.24. The second-order valence-electron chi connectivity index (χ2n) is 6.74. The number of rotatable bonds is 4. The van der Waals surface area contributed by atoms with Gasteiger partial charge in [0.25, 0.3) is 0 Å². The molecule has 0 spiro atoms. The summed E-state index contributed by atoms with van der Waals surface area (Å²) >= 11 is 0. The lowest BCUT2D eigenvalue weighted by atomic mass is 9.99. The van der Waals surface area contributed by atoms with E-state index in [2.05, 4.69) is 27.0 Å². The number of ether oxygens (including phenoxy) is 1. The van der Waals surface area contributed by atoms with Crippen molar-refractivity contribution >= 4 is 11.9 Å². The van der Waals surface area contributed by atoms with Crippen LogP contribution in [0, 0.1) is 11.8 Å². The molecule has 0 aromatic carbocycles. The van der Waals surface area contributed by atoms with Crippen molar-refractivity contribution in [2.75, 3.05) is 53.4 Å². The fourth-order valence-corrected chi connectivity index (χ4v) is 3.62. The van der Waals surface area contributed by atoms with Crippen LogP contribution in [-0.2, 0) is 9.53 Å². The Labute approximate surface area is 140 Å². The summed E-state index contributed by atoms with van der Waals surface area (Å²) in [5, 5.41) is 3.46. The predicted octanol–water partition coefficient (Wildman–Crippen LogP) is 1.18. The van der Waals surface area contributed by atoms with Gasteiger partial charge in [-0.05, 0) is 31.8 Å². The average Bonchev–Trinajstić information content (AvgIpc) is 2.77. The molecule has 2 rings (SSSR count). The van der Waals surface area contributed by atoms with E-state index in [4.69, 9.17) is 4.74 Å². The van der Waals surface area contributed by atoms with E-state index in [1.807, 2.05) is 7.05 Å². The van der Waals surface area contributed by atoms with Crippen molar-refractivity contribution in [2.45, 2.75) is 32.6 Å². The molecule has 0 aliphatic carbocycles. The van der Waals surface area contributed by atoms with Crippen molar-refractivity contribution in [1.82, 2.24) is 15.1 Å². The maximum absolute atomic E-state index is 11.8. The third-order valence-corrected chi connectivity index (χ3v) is 5.04. The smallest absolute Gasteiger partial charge is 0.310 e. The van der Waals surface area contributed by atoms with Crippen molar-refractivity contribution in [3.63, 3.8) is 0 Å². The lowest BCUT2D eigenvalue weighted by Gasteiger charge is -2.24. The molecule has 0 bridgehead atoms. The predicted molar refractivity (Wildman–Crippen MR) is 92.5 cm³/mol. The van der Waals surface area contributed by atoms with Crippen LogP contribution < -0.4 is 5.32 Å². The third kappa shape index (κ3) is 5.09. The summed E-state index contributed by atoms with van der Waals surface area (Å²) in [5.74, 6) is 1.04. The van der Waals surface area contributed by atoms with Crippen molar-refractivity contribution in [1.29, 1.82) is 0 Å². The fourth-order valence-electron chi connectivity index (χ4n) is 3.62. The summed E-state index contributed by atoms with van der Waals surface area (Å²) < 4.78 is 4.91. The highest BCUT2D eigenvalue weighted by molar-refractivity contribution is 5.82. The zero-order valence-corrected chi connectivity index (χ0v) is 14.9. The topological polar surface area (TPSA) is 57.2 Å². The summed E-state index contributed by atoms with van der Waals surface area (Å²) in [7, 11) is 3.27. The van der Waals surface area contributed by atoms with Gasteiger partial charge in [-0.1, -0.05) is 19.8 Å². The first kappa shape index (κ1) is 18.0. The standard InChI is InChI=1S/C17H32N4O2/c1-14-12-21(13-15(14)16(22)23-3)17(18-2)19-8-11-20-9-6-4-5-7-10-20/h14-15H,4-13H2,1-3H3,(H,18,19). The molecule has 2 heterocycles. The van der Waals surface area contributed by atoms with Gasteiger partial charge in [-0.2, -0.15) is 0 Å². The molecular weight excluding hydrogens is 292 g/mol. The Kier molecular flexibility index (Phi) is 7.15. The van der Waals surface area contributed by atoms with Gasteiger partial charge in [-0.25, -0.2) is 0 Å². The average molecular weight is 324 g/mol. The van der Waals surface area contributed by atoms with Crippen molar-refractivity contribution < 1.29 is 9.53 Å². The summed E-state index contributed by atoms with van der Waals surface area (Å²) in [6.07, 6.45) is 5.37. The Morgan fingerprint density at radius 1 is 1.22 bits per heavy atom. The van der Waals surface area contributed by atoms with Crippen LogP contribution in [0.3, 0.4) is 0 Å². The van der Waals surface area contributed by atoms with Gasteiger partial charge in [0.15, 0.2) is 5.96 Å². The molecule has 2 aliphatic rings. The molecule has 6 nitrogen and oxygen atoms in total. The maximum atomic E-state index is 11.8. The molecule has 132 valence electrons. The van der Waals surface area contributed by atoms with Crippen LogP contribution >= 0.6 is 0 Å². The molecule has 0 aromatic heterocycles. The number of aliphatic imine (C=N–C) groups is 1. The van der Waals surface area contributed by atoms with Gasteiger partial charge in [0.2, 0.25) is 0 Å². The molecule has 1 N–H and O–H groups in total. The molecule has 2 saturated heterocycles. The van der Waals surface area contributed by atoms with Crippen molar-refractivity contribution in [2.24, 2.45) is 16.8 Å². The molecule has 0 aromatic rings. The fraction of sp³-hybridized carbons (Fsp3) is 0.882. The minimum atomic E-state index is -0.111. The number of hydrogen-bond acceptors (Lipinski definition) is 4. The first-order chi connectivity index (χ1) is 11.2. The SMILES string of the molecule is CN=C(NCCN1CCCCCC1)N1CC(C)C(C(=O)OC)C1. The van der Waals surface area contributed by atoms with Crippen LogP contribution in [-0.4, -0.2) is 75.2 Å². The summed E-state index contributed by atoms with van der Waals surface area (Å²) in [6, 6.07) is 0. The Morgan fingerprint density at radius 2 is 1.91 bits per heavy atom. The van der Waals surface area contributed by atoms with Gasteiger partial charge in [0.1, 0.15) is 0 Å². The molecule has 2 fully saturated rings. The van der Waals surface area contributed by atoms with Crippen LogP contribution in [0.2, 0.25) is 0 Å². The molecule has 0 amide bonds. The number of carbonyl (C=O) groups is 1. The van der Waals surface area contributed by atoms with Crippen LogP contribution in [0.1, 0.15) is 32.6 Å². The number of nitrogens with one attached hydrogen (secondary N) is 1. The number of hydrogen-bond donors (Lipinski definition) is 1. The Hall–Kier alpha value is -1.30. The second kappa shape index (κ2) is 9.11. The van der Waals surface area contributed by atoms with Gasteiger partial charge in [-0.15, -0.1) is 0 Å². The Bertz CT molecular complexity index is 405. The minimum absolute atomic E-state index is 0.0517. The van der Waals surface area contributed by atoms with E-state index >= 15 is 0 Å². The lowest BCUT2D eigenvalue weighted by molar-refractivity contribution is -0.145. The number of nitrogens with zero attached hydrogens (tertiary/aromatic N) is 3. The second-order valence-corrected chi connectivity index (χ2v) is 6.74. The van der Waals surface area contributed by atoms with Gasteiger partial charge in [-0.3, -0.25) is 9.79 Å². The third-order valence-electron chi connectivity index (χ3n) is 5.04. The van der Waals surface area contributed by atoms with Crippen molar-refractivity contribution in [3.05, 3.63) is 0 Å². The first-order valence-corrected chi connectivity index (χ1v) is 8.91. The van der Waals surface area contributed by atoms with E-state index in [9.17, 15) is 4.79 Å². The van der Waals surface area contributed by atoms with E-state index in [1.165, 1.54) is 45.9 Å². The largest absolute Gasteiger partial charge is 0.469 e. The lowest BCUT2D eigenvalue weighted by Crippen LogP contribution is -2.43. The van der Waals surface area contributed by atoms with Gasteiger partial charge in [0.05, 0.1) is 13.0 Å². The maximum Gasteiger partial charge on any atom is 0.310 e. The Morgan fingerprint density at radius 3 is 2.52 bits per heavy atom. The van der Waals surface area contributed by atoms with Crippen LogP contribution in [0.4, 0.5) is 0 Å². The van der Waals surface area contributed by atoms with E-state index in [0.29, 0.717) is 12.5 Å². The molecule has 6 heteroatoms. The molecule has 2 atom stereocenters. The zero-order chi connectivity index (χ0) is 16.7. The normalized spacial score (nSPS) is 26.9. The highest BCUT2D eigenvalue weighted by atomic mass is 16.5. The molecule has 0 radical (unpaired) electrons. The monoisotopic (exact) mass is 324 g/mol. The van der Waals surface area contributed by atoms with Gasteiger partial charge >= 0.3 is 5.97 Å². The molecule has 2 aliphatic heterocycles. The minimum Gasteiger partial charge on any atom is -0.469 e. The Balaban J connectivity index is 1.78. The molecular formula is C17H32N4O2. The van der Waals surface area contributed by atoms with E-state index in [-0.39, 0.29) is 11.9 Å². The quantitative estimate of drug-likeness (QED) is 0.478. The highest BCUT2D eigenvalue weighted by Gasteiger charge is 2.36. The first-order valence-electron chi connectivity index (χ1n) is 8.91. The van der Waals surface area contributed by atoms with E-state index in [0.717, 1.165) is 25.6 Å². The summed E-state index contributed by atoms with van der Waals surface area (Å²) in [4.78, 5) is 20.9. The summed E-state index contributed by atoms with van der Waals surface area (Å²) in [5.41, 5.74) is 0. The zero-order valence-electron chi connectivity index (χ0n) is 14.9. The summed E-state index contributed by atoms with van der Waals surface area (Å²) in [6.45, 7) is 8.03. The molecule has 0 saturated carbocycles. The van der Waals surface area contributed by atoms with E-state index in [1.54, 1.807) is 0 Å². The van der Waals surface area contributed by atoms with Gasteiger partial charge < -0.3 is 19.9 Å². The van der Waals surface area contributed by atoms with Gasteiger partial charge in [0, 0.05) is 33.2 Å². The molecule has 2 unspecified atom stereocenters. The van der Waals surface area contributed by atoms with Crippen LogP contribution in [0.25, 0.3) is 0 Å². The number of esters is 1. The van der Waals surface area contributed by atoms with Crippen LogP contribution in [0.15, 0.2) is 4.99 Å². The number of carbonyl (C=O) groups excluding carboxylic acids is 1.